The van der Waals surface area contributed by atoms with Gasteiger partial charge in [-0.15, -0.1) is 0 Å². The first-order valence-corrected chi connectivity index (χ1v) is 8.40. The van der Waals surface area contributed by atoms with Gasteiger partial charge in [0.25, 0.3) is 0 Å². The van der Waals surface area contributed by atoms with E-state index in [9.17, 15) is 8.42 Å². The summed E-state index contributed by atoms with van der Waals surface area (Å²) < 4.78 is 31.4. The van der Waals surface area contributed by atoms with Crippen molar-refractivity contribution in [2.45, 2.75) is 19.3 Å². The summed E-state index contributed by atoms with van der Waals surface area (Å²) in [6, 6.07) is 0. The third-order valence-corrected chi connectivity index (χ3v) is 5.90. The fourth-order valence-corrected chi connectivity index (χ4v) is 4.80. The standard InChI is InChI=1S/C12H24N2O3S/c1-17-9-12-4-6-14(8-12)18(15,16)10-11-3-2-5-13-7-11/h11-13H,2-10H2,1H3. The fourth-order valence-electron chi connectivity index (χ4n) is 2.89. The molecule has 5 nitrogen and oxygen atoms in total. The van der Waals surface area contributed by atoms with Crippen LogP contribution in [-0.4, -0.2) is 58.4 Å². The van der Waals surface area contributed by atoms with Crippen LogP contribution in [0.25, 0.3) is 0 Å². The molecule has 0 bridgehead atoms. The van der Waals surface area contributed by atoms with Gasteiger partial charge >= 0.3 is 0 Å². The highest BCUT2D eigenvalue weighted by molar-refractivity contribution is 7.89. The van der Waals surface area contributed by atoms with Gasteiger partial charge in [-0.2, -0.15) is 0 Å². The number of piperidine rings is 1. The summed E-state index contributed by atoms with van der Waals surface area (Å²) >= 11 is 0. The maximum absolute atomic E-state index is 12.3. The monoisotopic (exact) mass is 276 g/mol. The lowest BCUT2D eigenvalue weighted by Gasteiger charge is -2.25. The van der Waals surface area contributed by atoms with Gasteiger partial charge in [0.1, 0.15) is 0 Å². The number of rotatable bonds is 5. The summed E-state index contributed by atoms with van der Waals surface area (Å²) in [7, 11) is -1.40. The van der Waals surface area contributed by atoms with E-state index in [1.165, 1.54) is 0 Å². The van der Waals surface area contributed by atoms with E-state index in [-0.39, 0.29) is 5.92 Å². The number of ether oxygens (including phenoxy) is 1. The van der Waals surface area contributed by atoms with Crippen LogP contribution in [0.1, 0.15) is 19.3 Å². The Labute approximate surface area is 110 Å². The summed E-state index contributed by atoms with van der Waals surface area (Å²) in [4.78, 5) is 0. The highest BCUT2D eigenvalue weighted by atomic mass is 32.2. The van der Waals surface area contributed by atoms with Crippen molar-refractivity contribution in [2.75, 3.05) is 45.6 Å². The molecule has 0 radical (unpaired) electrons. The summed E-state index contributed by atoms with van der Waals surface area (Å²) in [6.45, 7) is 3.83. The molecule has 106 valence electrons. The Bertz CT molecular complexity index is 352. The van der Waals surface area contributed by atoms with Crippen molar-refractivity contribution in [3.63, 3.8) is 0 Å². The smallest absolute Gasteiger partial charge is 0.214 e. The molecule has 2 unspecified atom stereocenters. The van der Waals surface area contributed by atoms with Crippen molar-refractivity contribution in [3.8, 4) is 0 Å². The highest BCUT2D eigenvalue weighted by Gasteiger charge is 2.33. The molecule has 2 heterocycles. The van der Waals surface area contributed by atoms with Crippen molar-refractivity contribution < 1.29 is 13.2 Å². The van der Waals surface area contributed by atoms with Gasteiger partial charge in [0.05, 0.1) is 12.4 Å². The summed E-state index contributed by atoms with van der Waals surface area (Å²) in [5, 5.41) is 3.27. The van der Waals surface area contributed by atoms with Crippen molar-refractivity contribution in [2.24, 2.45) is 11.8 Å². The molecular formula is C12H24N2O3S. The lowest BCUT2D eigenvalue weighted by molar-refractivity contribution is 0.157. The summed E-state index contributed by atoms with van der Waals surface area (Å²) in [5.74, 6) is 0.958. The lowest BCUT2D eigenvalue weighted by atomic mass is 10.0. The van der Waals surface area contributed by atoms with Crippen molar-refractivity contribution in [1.29, 1.82) is 0 Å². The number of hydrogen-bond acceptors (Lipinski definition) is 4. The zero-order valence-corrected chi connectivity index (χ0v) is 11.9. The molecule has 2 rings (SSSR count). The molecule has 2 atom stereocenters. The van der Waals surface area contributed by atoms with Crippen LogP contribution < -0.4 is 5.32 Å². The quantitative estimate of drug-likeness (QED) is 0.784. The molecule has 6 heteroatoms. The minimum absolute atomic E-state index is 0.283. The Morgan fingerprint density at radius 3 is 2.83 bits per heavy atom. The number of nitrogens with zero attached hydrogens (tertiary/aromatic N) is 1. The van der Waals surface area contributed by atoms with E-state index in [0.29, 0.717) is 31.4 Å². The number of methoxy groups -OCH3 is 1. The Balaban J connectivity index is 1.86. The van der Waals surface area contributed by atoms with Crippen LogP contribution in [0.2, 0.25) is 0 Å². The third-order valence-electron chi connectivity index (χ3n) is 3.89. The molecule has 2 aliphatic heterocycles. The maximum atomic E-state index is 12.3. The molecule has 2 aliphatic rings. The van der Waals surface area contributed by atoms with Gasteiger partial charge in [0.15, 0.2) is 0 Å². The molecule has 2 fully saturated rings. The van der Waals surface area contributed by atoms with Crippen LogP contribution in [0, 0.1) is 11.8 Å². The lowest BCUT2D eigenvalue weighted by Crippen LogP contribution is -2.39. The van der Waals surface area contributed by atoms with Gasteiger partial charge in [-0.1, -0.05) is 0 Å². The van der Waals surface area contributed by atoms with Gasteiger partial charge in [-0.3, -0.25) is 0 Å². The van der Waals surface area contributed by atoms with Crippen LogP contribution in [0.3, 0.4) is 0 Å². The zero-order valence-electron chi connectivity index (χ0n) is 11.1. The molecule has 0 amide bonds. The van der Waals surface area contributed by atoms with Crippen LogP contribution in [-0.2, 0) is 14.8 Å². The van der Waals surface area contributed by atoms with Crippen LogP contribution in [0.5, 0.6) is 0 Å². The largest absolute Gasteiger partial charge is 0.384 e. The molecular weight excluding hydrogens is 252 g/mol. The predicted molar refractivity (Wildman–Crippen MR) is 70.9 cm³/mol. The van der Waals surface area contributed by atoms with E-state index >= 15 is 0 Å². The molecule has 0 aliphatic carbocycles. The fraction of sp³-hybridized carbons (Fsp3) is 1.00. The van der Waals surface area contributed by atoms with Crippen LogP contribution in [0.15, 0.2) is 0 Å². The Morgan fingerprint density at radius 1 is 1.33 bits per heavy atom. The van der Waals surface area contributed by atoms with Crippen LogP contribution in [0.4, 0.5) is 0 Å². The second-order valence-corrected chi connectivity index (χ2v) is 7.47. The first-order valence-electron chi connectivity index (χ1n) is 6.79. The normalized spacial score (nSPS) is 30.7. The first kappa shape index (κ1) is 14.2. The topological polar surface area (TPSA) is 58.6 Å². The van der Waals surface area contributed by atoms with Crippen molar-refractivity contribution >= 4 is 10.0 Å². The van der Waals surface area contributed by atoms with E-state index in [4.69, 9.17) is 4.74 Å². The minimum atomic E-state index is -3.07. The average Bonchev–Trinajstić information content (AvgIpc) is 2.80. The number of hydrogen-bond donors (Lipinski definition) is 1. The Hall–Kier alpha value is -0.170. The molecule has 2 saturated heterocycles. The summed E-state index contributed by atoms with van der Waals surface area (Å²) in [6.07, 6.45) is 3.05. The maximum Gasteiger partial charge on any atom is 0.214 e. The average molecular weight is 276 g/mol. The van der Waals surface area contributed by atoms with Gasteiger partial charge in [0.2, 0.25) is 10.0 Å². The molecule has 0 aromatic rings. The van der Waals surface area contributed by atoms with Crippen molar-refractivity contribution in [1.82, 2.24) is 9.62 Å². The SMILES string of the molecule is COCC1CCN(S(=O)(=O)CC2CCCNC2)C1. The predicted octanol–water partition coefficient (Wildman–Crippen LogP) is 0.284. The first-order chi connectivity index (χ1) is 8.62. The zero-order chi connectivity index (χ0) is 13.0. The third kappa shape index (κ3) is 3.66. The Morgan fingerprint density at radius 2 is 2.17 bits per heavy atom. The molecule has 0 spiro atoms. The van der Waals surface area contributed by atoms with E-state index in [1.54, 1.807) is 11.4 Å². The van der Waals surface area contributed by atoms with E-state index < -0.39 is 10.0 Å². The molecule has 1 N–H and O–H groups in total. The van der Waals surface area contributed by atoms with Gasteiger partial charge < -0.3 is 10.1 Å². The van der Waals surface area contributed by atoms with Crippen molar-refractivity contribution in [3.05, 3.63) is 0 Å². The second-order valence-electron chi connectivity index (χ2n) is 5.46. The number of sulfonamides is 1. The molecule has 0 saturated carbocycles. The van der Waals surface area contributed by atoms with E-state index in [1.807, 2.05) is 0 Å². The van der Waals surface area contributed by atoms with Gasteiger partial charge in [-0.25, -0.2) is 12.7 Å². The van der Waals surface area contributed by atoms with Gasteiger partial charge in [0, 0.05) is 20.2 Å². The van der Waals surface area contributed by atoms with E-state index in [0.717, 1.165) is 32.4 Å². The van der Waals surface area contributed by atoms with Crippen LogP contribution >= 0.6 is 0 Å². The van der Waals surface area contributed by atoms with E-state index in [2.05, 4.69) is 5.32 Å². The highest BCUT2D eigenvalue weighted by Crippen LogP contribution is 2.22. The van der Waals surface area contributed by atoms with Gasteiger partial charge in [-0.05, 0) is 44.2 Å². The summed E-state index contributed by atoms with van der Waals surface area (Å²) in [5.41, 5.74) is 0. The second kappa shape index (κ2) is 6.32. The Kier molecular flexibility index (Phi) is 5.00. The minimum Gasteiger partial charge on any atom is -0.384 e. The molecule has 0 aromatic heterocycles. The molecule has 0 aromatic carbocycles. The molecule has 18 heavy (non-hydrogen) atoms. The number of nitrogens with one attached hydrogen (secondary N) is 1.